The molecule has 2 fully saturated rings. The molecule has 1 saturated carbocycles. The van der Waals surface area contributed by atoms with E-state index in [-0.39, 0.29) is 11.8 Å². The van der Waals surface area contributed by atoms with Crippen molar-refractivity contribution in [1.29, 1.82) is 0 Å². The molecule has 1 aromatic heterocycles. The third-order valence-electron chi connectivity index (χ3n) is 3.59. The first-order chi connectivity index (χ1) is 9.15. The number of sulfonamides is 1. The quantitative estimate of drug-likeness (QED) is 0.780. The normalized spacial score (nSPS) is 24.2. The van der Waals surface area contributed by atoms with E-state index in [1.165, 1.54) is 6.20 Å². The van der Waals surface area contributed by atoms with Crippen LogP contribution in [-0.2, 0) is 20.5 Å². The second kappa shape index (κ2) is 5.22. The Balaban J connectivity index is 1.71. The average Bonchev–Trinajstić information content (AvgIpc) is 2.87. The highest BCUT2D eigenvalue weighted by molar-refractivity contribution is 7.88. The molecule has 0 aromatic carbocycles. The van der Waals surface area contributed by atoms with E-state index >= 15 is 0 Å². The van der Waals surface area contributed by atoms with Gasteiger partial charge < -0.3 is 9.26 Å². The predicted molar refractivity (Wildman–Crippen MR) is 67.8 cm³/mol. The van der Waals surface area contributed by atoms with E-state index in [2.05, 4.69) is 5.16 Å². The Hall–Kier alpha value is -0.920. The van der Waals surface area contributed by atoms with Crippen molar-refractivity contribution in [3.05, 3.63) is 18.0 Å². The van der Waals surface area contributed by atoms with Crippen LogP contribution in [0.5, 0.6) is 0 Å². The molecule has 3 rings (SSSR count). The minimum absolute atomic E-state index is 0.100. The van der Waals surface area contributed by atoms with Gasteiger partial charge in [-0.2, -0.15) is 4.31 Å². The van der Waals surface area contributed by atoms with Crippen molar-refractivity contribution in [1.82, 2.24) is 9.46 Å². The van der Waals surface area contributed by atoms with Gasteiger partial charge in [0, 0.05) is 25.3 Å². The minimum Gasteiger partial charge on any atom is -0.381 e. The van der Waals surface area contributed by atoms with Crippen LogP contribution in [-0.4, -0.2) is 43.7 Å². The van der Waals surface area contributed by atoms with Crippen LogP contribution in [0.1, 0.15) is 25.0 Å². The highest BCUT2D eigenvalue weighted by atomic mass is 32.2. The zero-order valence-electron chi connectivity index (χ0n) is 10.7. The molecule has 106 valence electrons. The fourth-order valence-electron chi connectivity index (χ4n) is 2.41. The first kappa shape index (κ1) is 13.1. The molecule has 0 radical (unpaired) electrons. The van der Waals surface area contributed by atoms with E-state index < -0.39 is 10.0 Å². The topological polar surface area (TPSA) is 72.6 Å². The number of hydrogen-bond donors (Lipinski definition) is 0. The Labute approximate surface area is 112 Å². The number of nitrogens with zero attached hydrogens (tertiary/aromatic N) is 2. The van der Waals surface area contributed by atoms with Crippen LogP contribution in [0.25, 0.3) is 0 Å². The summed E-state index contributed by atoms with van der Waals surface area (Å²) in [6, 6.07) is 1.77. The first-order valence-electron chi connectivity index (χ1n) is 6.62. The van der Waals surface area contributed by atoms with E-state index in [4.69, 9.17) is 9.26 Å². The molecular formula is C12H18N2O4S. The van der Waals surface area contributed by atoms with Gasteiger partial charge in [-0.1, -0.05) is 5.16 Å². The van der Waals surface area contributed by atoms with Gasteiger partial charge in [0.05, 0.1) is 12.8 Å². The molecule has 0 spiro atoms. The molecule has 1 aliphatic heterocycles. The molecule has 1 atom stereocenters. The molecule has 2 heterocycles. The molecule has 2 aliphatic rings. The fourth-order valence-corrected chi connectivity index (χ4v) is 4.19. The van der Waals surface area contributed by atoms with Gasteiger partial charge in [0.15, 0.2) is 5.76 Å². The third-order valence-corrected chi connectivity index (χ3v) is 5.40. The summed E-state index contributed by atoms with van der Waals surface area (Å²) in [5, 5.41) is 3.55. The summed E-state index contributed by atoms with van der Waals surface area (Å²) in [6.07, 6.45) is 4.34. The van der Waals surface area contributed by atoms with Gasteiger partial charge in [0.1, 0.15) is 5.75 Å². The van der Waals surface area contributed by atoms with Gasteiger partial charge in [-0.25, -0.2) is 8.42 Å². The maximum absolute atomic E-state index is 12.5. The van der Waals surface area contributed by atoms with Crippen LogP contribution in [0.15, 0.2) is 16.8 Å². The first-order valence-corrected chi connectivity index (χ1v) is 8.23. The maximum Gasteiger partial charge on any atom is 0.221 e. The Bertz CT molecular complexity index is 504. The number of hydrogen-bond acceptors (Lipinski definition) is 5. The lowest BCUT2D eigenvalue weighted by Crippen LogP contribution is -2.38. The van der Waals surface area contributed by atoms with Gasteiger partial charge >= 0.3 is 0 Å². The highest BCUT2D eigenvalue weighted by Gasteiger charge is 2.39. The van der Waals surface area contributed by atoms with Gasteiger partial charge in [-0.15, -0.1) is 0 Å². The molecule has 19 heavy (non-hydrogen) atoms. The molecule has 0 N–H and O–H groups in total. The summed E-state index contributed by atoms with van der Waals surface area (Å²) >= 11 is 0. The summed E-state index contributed by atoms with van der Waals surface area (Å²) < 4.78 is 36.8. The predicted octanol–water partition coefficient (Wildman–Crippen LogP) is 1.01. The Morgan fingerprint density at radius 1 is 1.37 bits per heavy atom. The molecule has 7 heteroatoms. The number of aromatic nitrogens is 1. The molecule has 1 saturated heterocycles. The van der Waals surface area contributed by atoms with Crippen molar-refractivity contribution in [3.8, 4) is 0 Å². The Morgan fingerprint density at radius 3 is 2.79 bits per heavy atom. The monoisotopic (exact) mass is 286 g/mol. The van der Waals surface area contributed by atoms with E-state index in [0.29, 0.717) is 24.8 Å². The molecule has 6 nitrogen and oxygen atoms in total. The zero-order chi connectivity index (χ0) is 13.3. The fraction of sp³-hybridized carbons (Fsp3) is 0.750. The van der Waals surface area contributed by atoms with Crippen molar-refractivity contribution in [3.63, 3.8) is 0 Å². The van der Waals surface area contributed by atoms with Gasteiger partial charge in [-0.3, -0.25) is 0 Å². The van der Waals surface area contributed by atoms with E-state index in [1.807, 2.05) is 0 Å². The average molecular weight is 286 g/mol. The van der Waals surface area contributed by atoms with Crippen molar-refractivity contribution >= 4 is 10.0 Å². The number of ether oxygens (including phenoxy) is 1. The molecule has 1 unspecified atom stereocenters. The van der Waals surface area contributed by atoms with Crippen LogP contribution in [0, 0.1) is 5.92 Å². The lowest BCUT2D eigenvalue weighted by atomic mass is 10.1. The number of rotatable bonds is 6. The summed E-state index contributed by atoms with van der Waals surface area (Å²) in [4.78, 5) is 0. The van der Waals surface area contributed by atoms with Crippen LogP contribution in [0.2, 0.25) is 0 Å². The zero-order valence-corrected chi connectivity index (χ0v) is 11.5. The Morgan fingerprint density at radius 2 is 2.21 bits per heavy atom. The molecule has 1 aromatic rings. The van der Waals surface area contributed by atoms with Crippen molar-refractivity contribution < 1.29 is 17.7 Å². The Kier molecular flexibility index (Phi) is 3.60. The van der Waals surface area contributed by atoms with Crippen molar-refractivity contribution in [2.24, 2.45) is 5.92 Å². The maximum atomic E-state index is 12.5. The van der Waals surface area contributed by atoms with E-state index in [9.17, 15) is 8.42 Å². The molecule has 0 amide bonds. The van der Waals surface area contributed by atoms with Crippen LogP contribution in [0.4, 0.5) is 0 Å². The smallest absolute Gasteiger partial charge is 0.221 e. The van der Waals surface area contributed by atoms with Gasteiger partial charge in [0.2, 0.25) is 10.0 Å². The molecule has 1 aliphatic carbocycles. The van der Waals surface area contributed by atoms with Crippen LogP contribution >= 0.6 is 0 Å². The standard InChI is InChI=1S/C12H18N2O4S/c15-19(16,9-12-3-5-13-18-12)14(11-1-2-11)7-10-4-6-17-8-10/h3,5,10-11H,1-2,4,6-9H2. The van der Waals surface area contributed by atoms with Crippen LogP contribution < -0.4 is 0 Å². The lowest BCUT2D eigenvalue weighted by molar-refractivity contribution is 0.180. The van der Waals surface area contributed by atoms with E-state index in [0.717, 1.165) is 25.9 Å². The largest absolute Gasteiger partial charge is 0.381 e. The van der Waals surface area contributed by atoms with Crippen molar-refractivity contribution in [2.75, 3.05) is 19.8 Å². The summed E-state index contributed by atoms with van der Waals surface area (Å²) in [5.74, 6) is 0.621. The second-order valence-corrected chi connectivity index (χ2v) is 7.19. The minimum atomic E-state index is -3.33. The summed E-state index contributed by atoms with van der Waals surface area (Å²) in [5.41, 5.74) is 0. The highest BCUT2D eigenvalue weighted by Crippen LogP contribution is 2.32. The van der Waals surface area contributed by atoms with E-state index in [1.54, 1.807) is 10.4 Å². The summed E-state index contributed by atoms with van der Waals surface area (Å²) in [6.45, 7) is 1.98. The van der Waals surface area contributed by atoms with Gasteiger partial charge in [0.25, 0.3) is 0 Å². The molecule has 0 bridgehead atoms. The van der Waals surface area contributed by atoms with Crippen molar-refractivity contribution in [2.45, 2.75) is 31.1 Å². The van der Waals surface area contributed by atoms with Crippen LogP contribution in [0.3, 0.4) is 0 Å². The second-order valence-electron chi connectivity index (χ2n) is 5.27. The SMILES string of the molecule is O=S(=O)(Cc1ccno1)N(CC1CCOC1)C1CC1. The lowest BCUT2D eigenvalue weighted by Gasteiger charge is -2.23. The summed E-state index contributed by atoms with van der Waals surface area (Å²) in [7, 11) is -3.33. The van der Waals surface area contributed by atoms with Gasteiger partial charge in [-0.05, 0) is 25.2 Å². The third kappa shape index (κ3) is 3.16. The molecular weight excluding hydrogens is 268 g/mol.